The number of ether oxygens (including phenoxy) is 1. The van der Waals surface area contributed by atoms with Gasteiger partial charge >= 0.3 is 5.97 Å². The van der Waals surface area contributed by atoms with Crippen LogP contribution in [-0.4, -0.2) is 24.6 Å². The Bertz CT molecular complexity index is 598. The Kier molecular flexibility index (Phi) is 4.63. The summed E-state index contributed by atoms with van der Waals surface area (Å²) in [5.41, 5.74) is 1.19. The van der Waals surface area contributed by atoms with Gasteiger partial charge in [-0.1, -0.05) is 23.7 Å². The van der Waals surface area contributed by atoms with Crippen LogP contribution in [0.1, 0.15) is 23.0 Å². The zero-order valence-corrected chi connectivity index (χ0v) is 12.1. The lowest BCUT2D eigenvalue weighted by atomic mass is 10.2. The molecular weight excluding hydrogens is 280 g/mol. The van der Waals surface area contributed by atoms with Gasteiger partial charge in [0, 0.05) is 18.6 Å². The summed E-state index contributed by atoms with van der Waals surface area (Å²) < 4.78 is 10.1. The van der Waals surface area contributed by atoms with E-state index in [1.54, 1.807) is 11.8 Å². The average molecular weight is 295 g/mol. The molecule has 20 heavy (non-hydrogen) atoms. The molecule has 6 heteroatoms. The largest absolute Gasteiger partial charge is 0.461 e. The van der Waals surface area contributed by atoms with E-state index in [1.807, 2.05) is 31.3 Å². The maximum atomic E-state index is 11.5. The molecule has 0 saturated carbocycles. The van der Waals surface area contributed by atoms with Crippen molar-refractivity contribution in [3.8, 4) is 0 Å². The number of benzene rings is 1. The van der Waals surface area contributed by atoms with Crippen molar-refractivity contribution < 1.29 is 13.9 Å². The van der Waals surface area contributed by atoms with Crippen molar-refractivity contribution in [3.63, 3.8) is 0 Å². The van der Waals surface area contributed by atoms with E-state index in [0.717, 1.165) is 5.56 Å². The fourth-order valence-corrected chi connectivity index (χ4v) is 1.93. The molecule has 0 atom stereocenters. The molecule has 0 saturated heterocycles. The van der Waals surface area contributed by atoms with Gasteiger partial charge in [-0.05, 0) is 24.6 Å². The van der Waals surface area contributed by atoms with E-state index in [2.05, 4.69) is 4.98 Å². The molecular formula is C14H15ClN2O3. The average Bonchev–Trinajstić information content (AvgIpc) is 2.88. The molecule has 1 aromatic heterocycles. The van der Waals surface area contributed by atoms with Crippen LogP contribution >= 0.6 is 11.6 Å². The van der Waals surface area contributed by atoms with E-state index in [1.165, 1.54) is 6.26 Å². The maximum absolute atomic E-state index is 11.5. The van der Waals surface area contributed by atoms with Crippen LogP contribution in [0.25, 0.3) is 0 Å². The van der Waals surface area contributed by atoms with E-state index >= 15 is 0 Å². The van der Waals surface area contributed by atoms with Gasteiger partial charge in [0.25, 0.3) is 6.01 Å². The smallest absolute Gasteiger partial charge is 0.360 e. The summed E-state index contributed by atoms with van der Waals surface area (Å²) in [6.45, 7) is 2.62. The lowest BCUT2D eigenvalue weighted by molar-refractivity contribution is 0.0519. The van der Waals surface area contributed by atoms with Crippen molar-refractivity contribution in [3.05, 3.63) is 46.8 Å². The standard InChI is InChI=1S/C14H15ClN2O3/c1-3-19-13(18)12-9-20-14(16-12)17(2)8-10-5-4-6-11(15)7-10/h4-7,9H,3,8H2,1-2H3. The van der Waals surface area contributed by atoms with Crippen molar-refractivity contribution in [1.82, 2.24) is 4.98 Å². The van der Waals surface area contributed by atoms with Gasteiger partial charge in [0.15, 0.2) is 5.69 Å². The molecule has 0 bridgehead atoms. The fourth-order valence-electron chi connectivity index (χ4n) is 1.72. The second kappa shape index (κ2) is 6.43. The number of carbonyl (C=O) groups excluding carboxylic acids is 1. The Labute approximate surface area is 122 Å². The van der Waals surface area contributed by atoms with Crippen LogP contribution in [0.15, 0.2) is 34.9 Å². The van der Waals surface area contributed by atoms with Crippen molar-refractivity contribution in [1.29, 1.82) is 0 Å². The van der Waals surface area contributed by atoms with Crippen molar-refractivity contribution >= 4 is 23.6 Å². The monoisotopic (exact) mass is 294 g/mol. The van der Waals surface area contributed by atoms with Gasteiger partial charge < -0.3 is 14.1 Å². The number of hydrogen-bond acceptors (Lipinski definition) is 5. The molecule has 0 amide bonds. The van der Waals surface area contributed by atoms with Crippen LogP contribution in [0.2, 0.25) is 5.02 Å². The van der Waals surface area contributed by atoms with Crippen LogP contribution in [0.3, 0.4) is 0 Å². The third kappa shape index (κ3) is 3.51. The molecule has 0 aliphatic heterocycles. The Hall–Kier alpha value is -2.01. The minimum atomic E-state index is -0.487. The second-order valence-electron chi connectivity index (χ2n) is 4.22. The Morgan fingerprint density at radius 3 is 3.00 bits per heavy atom. The van der Waals surface area contributed by atoms with Gasteiger partial charge in [0.05, 0.1) is 6.61 Å². The quantitative estimate of drug-likeness (QED) is 0.793. The minimum absolute atomic E-state index is 0.166. The summed E-state index contributed by atoms with van der Waals surface area (Å²) in [6.07, 6.45) is 1.29. The minimum Gasteiger partial charge on any atom is -0.461 e. The second-order valence-corrected chi connectivity index (χ2v) is 4.66. The van der Waals surface area contributed by atoms with Crippen LogP contribution in [0.4, 0.5) is 6.01 Å². The van der Waals surface area contributed by atoms with Crippen LogP contribution < -0.4 is 4.90 Å². The Balaban J connectivity index is 2.06. The van der Waals surface area contributed by atoms with Crippen LogP contribution in [-0.2, 0) is 11.3 Å². The molecule has 0 spiro atoms. The molecule has 2 aromatic rings. The van der Waals surface area contributed by atoms with E-state index < -0.39 is 5.97 Å². The number of nitrogens with zero attached hydrogens (tertiary/aromatic N) is 2. The van der Waals surface area contributed by atoms with Gasteiger partial charge in [-0.25, -0.2) is 4.79 Å². The summed E-state index contributed by atoms with van der Waals surface area (Å²) in [5.74, 6) is -0.487. The molecule has 0 unspecified atom stereocenters. The molecule has 0 fully saturated rings. The van der Waals surface area contributed by atoms with Gasteiger partial charge in [-0.15, -0.1) is 0 Å². The zero-order valence-electron chi connectivity index (χ0n) is 11.3. The molecule has 0 aliphatic rings. The molecule has 5 nitrogen and oxygen atoms in total. The third-order valence-corrected chi connectivity index (χ3v) is 2.85. The first kappa shape index (κ1) is 14.4. The molecule has 0 N–H and O–H groups in total. The predicted octanol–water partition coefficient (Wildman–Crippen LogP) is 3.14. The van der Waals surface area contributed by atoms with Crippen LogP contribution in [0.5, 0.6) is 0 Å². The van der Waals surface area contributed by atoms with Crippen molar-refractivity contribution in [2.45, 2.75) is 13.5 Å². The lowest BCUT2D eigenvalue weighted by Crippen LogP contribution is -2.17. The number of oxazole rings is 1. The summed E-state index contributed by atoms with van der Waals surface area (Å²) in [7, 11) is 1.82. The number of esters is 1. The summed E-state index contributed by atoms with van der Waals surface area (Å²) >= 11 is 5.94. The first-order valence-corrected chi connectivity index (χ1v) is 6.56. The molecule has 106 valence electrons. The van der Waals surface area contributed by atoms with Gasteiger partial charge in [-0.3, -0.25) is 0 Å². The molecule has 0 aliphatic carbocycles. The van der Waals surface area contributed by atoms with E-state index in [4.69, 9.17) is 20.8 Å². The molecule has 0 radical (unpaired) electrons. The predicted molar refractivity (Wildman–Crippen MR) is 76.0 cm³/mol. The molecule has 1 aromatic carbocycles. The zero-order chi connectivity index (χ0) is 14.5. The Morgan fingerprint density at radius 2 is 2.30 bits per heavy atom. The van der Waals surface area contributed by atoms with Gasteiger partial charge in [0.1, 0.15) is 6.26 Å². The first-order chi connectivity index (χ1) is 9.60. The van der Waals surface area contributed by atoms with Crippen LogP contribution in [0, 0.1) is 0 Å². The van der Waals surface area contributed by atoms with Crippen molar-refractivity contribution in [2.24, 2.45) is 0 Å². The number of hydrogen-bond donors (Lipinski definition) is 0. The summed E-state index contributed by atoms with van der Waals surface area (Å²) in [4.78, 5) is 17.4. The van der Waals surface area contributed by atoms with Gasteiger partial charge in [-0.2, -0.15) is 4.98 Å². The Morgan fingerprint density at radius 1 is 1.50 bits per heavy atom. The lowest BCUT2D eigenvalue weighted by Gasteiger charge is -2.14. The number of aromatic nitrogens is 1. The highest BCUT2D eigenvalue weighted by Gasteiger charge is 2.15. The summed E-state index contributed by atoms with van der Waals surface area (Å²) in [6, 6.07) is 7.87. The number of halogens is 1. The first-order valence-electron chi connectivity index (χ1n) is 6.18. The topological polar surface area (TPSA) is 55.6 Å². The van der Waals surface area contributed by atoms with E-state index in [0.29, 0.717) is 24.2 Å². The number of anilines is 1. The highest BCUT2D eigenvalue weighted by Crippen LogP contribution is 2.17. The summed E-state index contributed by atoms with van der Waals surface area (Å²) in [5, 5.41) is 0.676. The highest BCUT2D eigenvalue weighted by molar-refractivity contribution is 6.30. The normalized spacial score (nSPS) is 10.3. The van der Waals surface area contributed by atoms with Crippen molar-refractivity contribution in [2.75, 3.05) is 18.6 Å². The maximum Gasteiger partial charge on any atom is 0.360 e. The van der Waals surface area contributed by atoms with Gasteiger partial charge in [0.2, 0.25) is 0 Å². The molecule has 2 rings (SSSR count). The fraction of sp³-hybridized carbons (Fsp3) is 0.286. The highest BCUT2D eigenvalue weighted by atomic mass is 35.5. The third-order valence-electron chi connectivity index (χ3n) is 2.61. The van der Waals surface area contributed by atoms with E-state index in [9.17, 15) is 4.79 Å². The molecule has 1 heterocycles. The number of rotatable bonds is 5. The number of carbonyl (C=O) groups is 1. The van der Waals surface area contributed by atoms with E-state index in [-0.39, 0.29) is 5.69 Å². The SMILES string of the molecule is CCOC(=O)c1coc(N(C)Cc2cccc(Cl)c2)n1.